The molecule has 8 nitrogen and oxygen atoms in total. The van der Waals surface area contributed by atoms with Gasteiger partial charge in [0.15, 0.2) is 11.5 Å². The fourth-order valence-electron chi connectivity index (χ4n) is 2.20. The molecule has 0 aliphatic carbocycles. The molecule has 1 amide bonds. The minimum absolute atomic E-state index is 0.124. The monoisotopic (exact) mass is 358 g/mol. The van der Waals surface area contributed by atoms with Crippen LogP contribution >= 0.6 is 0 Å². The van der Waals surface area contributed by atoms with Crippen LogP contribution in [0.4, 0.5) is 11.4 Å². The molecular weight excluding hydrogens is 340 g/mol. The zero-order chi connectivity index (χ0) is 19.1. The lowest BCUT2D eigenvalue weighted by molar-refractivity contribution is -0.384. The number of methoxy groups -OCH3 is 3. The van der Waals surface area contributed by atoms with Gasteiger partial charge in [-0.3, -0.25) is 14.9 Å². The fourth-order valence-corrected chi connectivity index (χ4v) is 2.20. The molecule has 2 aromatic carbocycles. The lowest BCUT2D eigenvalue weighted by atomic mass is 10.2. The van der Waals surface area contributed by atoms with Crippen LogP contribution in [-0.4, -0.2) is 32.2 Å². The topological polar surface area (TPSA) is 99.9 Å². The summed E-state index contributed by atoms with van der Waals surface area (Å²) in [4.78, 5) is 22.4. The van der Waals surface area contributed by atoms with Gasteiger partial charge in [0.25, 0.3) is 5.69 Å². The van der Waals surface area contributed by atoms with E-state index in [4.69, 9.17) is 14.2 Å². The second-order valence-electron chi connectivity index (χ2n) is 5.08. The minimum atomic E-state index is -0.537. The first-order valence-electron chi connectivity index (χ1n) is 7.52. The number of carbonyl (C=O) groups excluding carboxylic acids is 1. The number of nitro groups is 1. The van der Waals surface area contributed by atoms with Gasteiger partial charge in [-0.2, -0.15) is 0 Å². The average molecular weight is 358 g/mol. The zero-order valence-corrected chi connectivity index (χ0v) is 14.5. The molecule has 0 aromatic heterocycles. The van der Waals surface area contributed by atoms with Gasteiger partial charge < -0.3 is 19.5 Å². The Balaban J connectivity index is 2.13. The summed E-state index contributed by atoms with van der Waals surface area (Å²) in [5.74, 6) is 0.927. The first-order valence-corrected chi connectivity index (χ1v) is 7.52. The Morgan fingerprint density at radius 3 is 2.31 bits per heavy atom. The highest BCUT2D eigenvalue weighted by Crippen LogP contribution is 2.29. The number of nitro benzene ring substituents is 1. The number of ether oxygens (including phenoxy) is 3. The van der Waals surface area contributed by atoms with Crippen LogP contribution in [0.25, 0.3) is 6.08 Å². The lowest BCUT2D eigenvalue weighted by Gasteiger charge is -2.09. The van der Waals surface area contributed by atoms with Crippen molar-refractivity contribution in [3.05, 3.63) is 58.2 Å². The molecule has 0 unspecified atom stereocenters. The first kappa shape index (κ1) is 18.8. The SMILES string of the molecule is COc1cc([N+](=O)[O-])ccc1NC(=O)/C=C/c1ccc(OC)c(OC)c1. The molecule has 0 radical (unpaired) electrons. The average Bonchev–Trinajstić information content (AvgIpc) is 2.66. The van der Waals surface area contributed by atoms with E-state index in [-0.39, 0.29) is 11.4 Å². The quantitative estimate of drug-likeness (QED) is 0.463. The van der Waals surface area contributed by atoms with Crippen LogP contribution in [0, 0.1) is 10.1 Å². The third-order valence-corrected chi connectivity index (χ3v) is 3.49. The van der Waals surface area contributed by atoms with E-state index in [1.807, 2.05) is 0 Å². The molecule has 0 aliphatic heterocycles. The van der Waals surface area contributed by atoms with Gasteiger partial charge in [-0.25, -0.2) is 0 Å². The third-order valence-electron chi connectivity index (χ3n) is 3.49. The number of nitrogens with zero attached hydrogens (tertiary/aromatic N) is 1. The van der Waals surface area contributed by atoms with Crippen LogP contribution in [0.5, 0.6) is 17.2 Å². The number of non-ortho nitro benzene ring substituents is 1. The maximum absolute atomic E-state index is 12.1. The second-order valence-corrected chi connectivity index (χ2v) is 5.08. The second kappa shape index (κ2) is 8.52. The van der Waals surface area contributed by atoms with E-state index in [9.17, 15) is 14.9 Å². The molecule has 8 heteroatoms. The summed E-state index contributed by atoms with van der Waals surface area (Å²) in [7, 11) is 4.44. The van der Waals surface area contributed by atoms with E-state index in [2.05, 4.69) is 5.32 Å². The summed E-state index contributed by atoms with van der Waals surface area (Å²) < 4.78 is 15.4. The summed E-state index contributed by atoms with van der Waals surface area (Å²) in [6, 6.07) is 9.19. The van der Waals surface area contributed by atoms with E-state index in [1.165, 1.54) is 38.5 Å². The van der Waals surface area contributed by atoms with Crippen LogP contribution in [0.3, 0.4) is 0 Å². The number of rotatable bonds is 7. The molecule has 0 spiro atoms. The normalized spacial score (nSPS) is 10.4. The van der Waals surface area contributed by atoms with Gasteiger partial charge in [-0.1, -0.05) is 6.07 Å². The molecule has 0 heterocycles. The van der Waals surface area contributed by atoms with Crippen molar-refractivity contribution in [3.63, 3.8) is 0 Å². The van der Waals surface area contributed by atoms with Crippen molar-refractivity contribution in [2.75, 3.05) is 26.6 Å². The molecule has 0 aliphatic rings. The van der Waals surface area contributed by atoms with Gasteiger partial charge in [0.2, 0.25) is 5.91 Å². The fraction of sp³-hybridized carbons (Fsp3) is 0.167. The van der Waals surface area contributed by atoms with Crippen molar-refractivity contribution in [3.8, 4) is 17.2 Å². The molecule has 0 fully saturated rings. The largest absolute Gasteiger partial charge is 0.494 e. The van der Waals surface area contributed by atoms with Crippen molar-refractivity contribution in [1.82, 2.24) is 0 Å². The highest BCUT2D eigenvalue weighted by atomic mass is 16.6. The zero-order valence-electron chi connectivity index (χ0n) is 14.5. The first-order chi connectivity index (χ1) is 12.5. The summed E-state index contributed by atoms with van der Waals surface area (Å²) in [5.41, 5.74) is 0.953. The van der Waals surface area contributed by atoms with Crippen LogP contribution in [0.15, 0.2) is 42.5 Å². The van der Waals surface area contributed by atoms with Crippen molar-refractivity contribution in [2.24, 2.45) is 0 Å². The van der Waals surface area contributed by atoms with E-state index >= 15 is 0 Å². The Kier molecular flexibility index (Phi) is 6.15. The van der Waals surface area contributed by atoms with Crippen molar-refractivity contribution in [1.29, 1.82) is 0 Å². The van der Waals surface area contributed by atoms with Gasteiger partial charge in [-0.05, 0) is 29.8 Å². The van der Waals surface area contributed by atoms with E-state index in [0.29, 0.717) is 17.2 Å². The molecular formula is C18H18N2O6. The maximum atomic E-state index is 12.1. The van der Waals surface area contributed by atoms with Crippen LogP contribution in [-0.2, 0) is 4.79 Å². The molecule has 0 atom stereocenters. The van der Waals surface area contributed by atoms with E-state index in [0.717, 1.165) is 5.56 Å². The predicted octanol–water partition coefficient (Wildman–Crippen LogP) is 3.27. The summed E-state index contributed by atoms with van der Waals surface area (Å²) in [6.45, 7) is 0. The summed E-state index contributed by atoms with van der Waals surface area (Å²) in [6.07, 6.45) is 2.94. The van der Waals surface area contributed by atoms with Crippen molar-refractivity contribution < 1.29 is 23.9 Å². The summed E-state index contributed by atoms with van der Waals surface area (Å²) >= 11 is 0. The number of benzene rings is 2. The Morgan fingerprint density at radius 2 is 1.69 bits per heavy atom. The van der Waals surface area contributed by atoms with Crippen LogP contribution < -0.4 is 19.5 Å². The molecule has 0 bridgehead atoms. The van der Waals surface area contributed by atoms with Crippen molar-refractivity contribution >= 4 is 23.4 Å². The Morgan fingerprint density at radius 1 is 1.00 bits per heavy atom. The highest BCUT2D eigenvalue weighted by Gasteiger charge is 2.12. The Bertz CT molecular complexity index is 848. The van der Waals surface area contributed by atoms with Gasteiger partial charge >= 0.3 is 0 Å². The molecule has 2 aromatic rings. The lowest BCUT2D eigenvalue weighted by Crippen LogP contribution is -2.09. The number of nitrogens with one attached hydrogen (secondary N) is 1. The number of anilines is 1. The summed E-state index contributed by atoms with van der Waals surface area (Å²) in [5, 5.41) is 13.4. The Labute approximate surface area is 150 Å². The molecule has 2 rings (SSSR count). The smallest absolute Gasteiger partial charge is 0.273 e. The molecule has 26 heavy (non-hydrogen) atoms. The number of hydrogen-bond donors (Lipinski definition) is 1. The van der Waals surface area contributed by atoms with Gasteiger partial charge in [0, 0.05) is 12.1 Å². The number of hydrogen-bond acceptors (Lipinski definition) is 6. The van der Waals surface area contributed by atoms with Gasteiger partial charge in [-0.15, -0.1) is 0 Å². The van der Waals surface area contributed by atoms with Crippen LogP contribution in [0.1, 0.15) is 5.56 Å². The Hall–Kier alpha value is -3.55. The maximum Gasteiger partial charge on any atom is 0.273 e. The van der Waals surface area contributed by atoms with Gasteiger partial charge in [0.05, 0.1) is 38.0 Å². The van der Waals surface area contributed by atoms with E-state index < -0.39 is 10.8 Å². The predicted molar refractivity (Wildman–Crippen MR) is 96.9 cm³/mol. The highest BCUT2D eigenvalue weighted by molar-refractivity contribution is 6.02. The standard InChI is InChI=1S/C18H18N2O6/c1-24-15-8-4-12(10-17(15)26-3)5-9-18(21)19-14-7-6-13(20(22)23)11-16(14)25-2/h4-11H,1-3H3,(H,19,21)/b9-5+. The number of amides is 1. The number of carbonyl (C=O) groups is 1. The third kappa shape index (κ3) is 4.50. The molecule has 1 N–H and O–H groups in total. The van der Waals surface area contributed by atoms with Crippen LogP contribution in [0.2, 0.25) is 0 Å². The molecule has 136 valence electrons. The van der Waals surface area contributed by atoms with Gasteiger partial charge in [0.1, 0.15) is 5.75 Å². The molecule has 0 saturated heterocycles. The minimum Gasteiger partial charge on any atom is -0.494 e. The van der Waals surface area contributed by atoms with E-state index in [1.54, 1.807) is 31.4 Å². The molecule has 0 saturated carbocycles. The van der Waals surface area contributed by atoms with Crippen molar-refractivity contribution in [2.45, 2.75) is 0 Å².